The van der Waals surface area contributed by atoms with Crippen molar-refractivity contribution < 1.29 is 40.6 Å². The molecule has 5 rings (SSSR count). The average molecular weight is 740 g/mol. The largest absolute Gasteiger partial charge is 0.724 e. The number of unbranched alkanes of at least 4 members (excludes halogenated alkanes) is 4. The molecule has 1 aromatic heterocycles. The maximum absolute atomic E-state index is 12.9. The van der Waals surface area contributed by atoms with Gasteiger partial charge in [0, 0.05) is 31.6 Å². The van der Waals surface area contributed by atoms with Gasteiger partial charge in [0.1, 0.15) is 17.1 Å². The Labute approximate surface area is 306 Å². The van der Waals surface area contributed by atoms with Gasteiger partial charge in [-0.05, 0) is 84.0 Å². The van der Waals surface area contributed by atoms with Crippen molar-refractivity contribution in [3.63, 3.8) is 0 Å². The minimum Gasteiger partial charge on any atom is -0.724 e. The van der Waals surface area contributed by atoms with Gasteiger partial charge < -0.3 is 28.1 Å². The molecular formula is C37H65N5O8S. The Bertz CT molecular complexity index is 1350. The fourth-order valence-corrected chi connectivity index (χ4v) is 8.44. The summed E-state index contributed by atoms with van der Waals surface area (Å²) in [6.45, 7) is 21.8. The van der Waals surface area contributed by atoms with Crippen LogP contribution in [0.3, 0.4) is 0 Å². The molecule has 0 N–H and O–H groups in total. The van der Waals surface area contributed by atoms with Crippen LogP contribution < -0.4 is 0 Å². The minimum absolute atomic E-state index is 0.0477. The lowest BCUT2D eigenvalue weighted by molar-refractivity contribution is -0.929. The number of carbonyl (C=O) groups excluding carboxylic acids is 2. The van der Waals surface area contributed by atoms with Gasteiger partial charge in [0.25, 0.3) is 0 Å². The van der Waals surface area contributed by atoms with Crippen LogP contribution in [0.2, 0.25) is 0 Å². The van der Waals surface area contributed by atoms with Crippen LogP contribution in [0.4, 0.5) is 9.59 Å². The molecular weight excluding hydrogens is 675 g/mol. The Morgan fingerprint density at radius 2 is 1.57 bits per heavy atom. The first-order chi connectivity index (χ1) is 24.1. The molecule has 0 aromatic carbocycles. The number of amides is 3. The van der Waals surface area contributed by atoms with Gasteiger partial charge in [-0.25, -0.2) is 18.0 Å². The Balaban J connectivity index is 0.000000292. The second-order valence-corrected chi connectivity index (χ2v) is 17.4. The number of quaternary nitrogens is 1. The lowest BCUT2D eigenvalue weighted by Gasteiger charge is -2.39. The predicted octanol–water partition coefficient (Wildman–Crippen LogP) is 7.52. The first-order valence-electron chi connectivity index (χ1n) is 19.6. The first-order valence-corrected chi connectivity index (χ1v) is 21.0. The van der Waals surface area contributed by atoms with E-state index in [0.29, 0.717) is 31.0 Å². The average Bonchev–Trinajstić information content (AvgIpc) is 3.55. The molecule has 3 aliphatic heterocycles. The number of likely N-dealkylation sites (tertiary alicyclic amines) is 1. The summed E-state index contributed by atoms with van der Waals surface area (Å²) in [6, 6.07) is 0.284. The highest BCUT2D eigenvalue weighted by atomic mass is 32.3. The SMILES string of the molecule is CC(C)(C)OC(=O)N1CCCC(c2cc([C@@H]3CC4(CC4)[C@@H]4CN3C(=O)N4OS(=O)(=O)[O-])no2)C1.CCCC[N+](CCCC)(CCCC)CCCC. The Morgan fingerprint density at radius 3 is 2.06 bits per heavy atom. The molecule has 3 saturated heterocycles. The summed E-state index contributed by atoms with van der Waals surface area (Å²) in [6.07, 6.45) is 14.5. The Morgan fingerprint density at radius 1 is 1.00 bits per heavy atom. The Kier molecular flexibility index (Phi) is 14.3. The topological polar surface area (TPSA) is 146 Å². The number of fused-ring (bicyclic) bond motifs is 3. The molecule has 2 bridgehead atoms. The van der Waals surface area contributed by atoms with E-state index in [-0.39, 0.29) is 24.0 Å². The van der Waals surface area contributed by atoms with E-state index in [0.717, 1.165) is 30.7 Å². The monoisotopic (exact) mass is 739 g/mol. The van der Waals surface area contributed by atoms with Gasteiger partial charge in [0.05, 0.1) is 38.3 Å². The normalized spacial score (nSPS) is 23.0. The van der Waals surface area contributed by atoms with E-state index in [1.54, 1.807) is 4.90 Å². The molecule has 4 fully saturated rings. The maximum Gasteiger partial charge on any atom is 0.410 e. The summed E-state index contributed by atoms with van der Waals surface area (Å²) < 4.78 is 50.6. The maximum atomic E-state index is 12.9. The molecule has 14 heteroatoms. The van der Waals surface area contributed by atoms with Gasteiger partial charge >= 0.3 is 12.1 Å². The summed E-state index contributed by atoms with van der Waals surface area (Å²) in [4.78, 5) is 28.6. The number of urea groups is 1. The zero-order valence-corrected chi connectivity index (χ0v) is 33.2. The molecule has 1 unspecified atom stereocenters. The van der Waals surface area contributed by atoms with E-state index in [1.165, 1.54) is 86.9 Å². The fraction of sp³-hybridized carbons (Fsp3) is 0.865. The highest BCUT2D eigenvalue weighted by Crippen LogP contribution is 2.62. The minimum atomic E-state index is -5.07. The van der Waals surface area contributed by atoms with Gasteiger partial charge in [-0.2, -0.15) is 9.35 Å². The number of hydroxylamine groups is 2. The number of aromatic nitrogens is 1. The number of rotatable bonds is 16. The third-order valence-electron chi connectivity index (χ3n) is 11.1. The molecule has 4 heterocycles. The van der Waals surface area contributed by atoms with E-state index < -0.39 is 34.1 Å². The molecule has 3 amide bonds. The van der Waals surface area contributed by atoms with Gasteiger partial charge in [0.15, 0.2) is 0 Å². The van der Waals surface area contributed by atoms with Crippen LogP contribution in [-0.2, 0) is 19.4 Å². The highest BCUT2D eigenvalue weighted by molar-refractivity contribution is 7.80. The second-order valence-electron chi connectivity index (χ2n) is 16.4. The molecule has 1 aromatic rings. The van der Waals surface area contributed by atoms with Crippen LogP contribution in [-0.4, -0.2) is 107 Å². The number of nitrogens with zero attached hydrogens (tertiary/aromatic N) is 5. The molecule has 13 nitrogen and oxygen atoms in total. The summed E-state index contributed by atoms with van der Waals surface area (Å²) in [7, 11) is -5.07. The van der Waals surface area contributed by atoms with Crippen molar-refractivity contribution in [2.45, 2.75) is 156 Å². The molecule has 1 aliphatic carbocycles. The van der Waals surface area contributed by atoms with Crippen LogP contribution in [0.5, 0.6) is 0 Å². The zero-order chi connectivity index (χ0) is 37.5. The molecule has 51 heavy (non-hydrogen) atoms. The molecule has 0 radical (unpaired) electrons. The van der Waals surface area contributed by atoms with Gasteiger partial charge in [-0.1, -0.05) is 58.5 Å². The van der Waals surface area contributed by atoms with Crippen molar-refractivity contribution >= 4 is 22.5 Å². The third kappa shape index (κ3) is 11.1. The van der Waals surface area contributed by atoms with Crippen molar-refractivity contribution in [2.24, 2.45) is 5.41 Å². The van der Waals surface area contributed by atoms with Crippen LogP contribution in [0.25, 0.3) is 0 Å². The molecule has 1 spiro atoms. The van der Waals surface area contributed by atoms with E-state index in [2.05, 4.69) is 37.1 Å². The first kappa shape index (κ1) is 41.3. The number of hydrogen-bond acceptors (Lipinski definition) is 9. The van der Waals surface area contributed by atoms with Gasteiger partial charge in [-0.15, -0.1) is 0 Å². The summed E-state index contributed by atoms with van der Waals surface area (Å²) >= 11 is 0. The highest BCUT2D eigenvalue weighted by Gasteiger charge is 2.64. The van der Waals surface area contributed by atoms with Crippen LogP contribution in [0.1, 0.15) is 155 Å². The van der Waals surface area contributed by atoms with Crippen LogP contribution >= 0.6 is 0 Å². The van der Waals surface area contributed by atoms with E-state index in [4.69, 9.17) is 9.26 Å². The number of carbonyl (C=O) groups is 2. The summed E-state index contributed by atoms with van der Waals surface area (Å²) in [5, 5.41) is 4.98. The molecule has 292 valence electrons. The summed E-state index contributed by atoms with van der Waals surface area (Å²) in [5.74, 6) is 0.588. The molecule has 4 aliphatic rings. The van der Waals surface area contributed by atoms with Crippen molar-refractivity contribution in [2.75, 3.05) is 45.8 Å². The number of hydrogen-bond donors (Lipinski definition) is 0. The van der Waals surface area contributed by atoms with Crippen molar-refractivity contribution in [3.05, 3.63) is 17.5 Å². The molecule has 3 atom stereocenters. The van der Waals surface area contributed by atoms with Gasteiger partial charge in [0.2, 0.25) is 10.4 Å². The van der Waals surface area contributed by atoms with Crippen molar-refractivity contribution in [3.8, 4) is 0 Å². The molecule has 1 saturated carbocycles. The Hall–Kier alpha value is -2.42. The third-order valence-corrected chi connectivity index (χ3v) is 11.5. The van der Waals surface area contributed by atoms with Crippen molar-refractivity contribution in [1.29, 1.82) is 0 Å². The quantitative estimate of drug-likeness (QED) is 0.0955. The fourth-order valence-electron chi connectivity index (χ4n) is 8.08. The van der Waals surface area contributed by atoms with Crippen LogP contribution in [0.15, 0.2) is 10.6 Å². The smallest absolute Gasteiger partial charge is 0.410 e. The van der Waals surface area contributed by atoms with E-state index >= 15 is 0 Å². The predicted molar refractivity (Wildman–Crippen MR) is 193 cm³/mol. The lowest BCUT2D eigenvalue weighted by Crippen LogP contribution is -2.50. The standard InChI is InChI=1S/C21H30N4O8S.C16H36N/c1-20(2,3)31-19(27)23-8-4-5-13(11-23)16-9-14(22-32-16)15-10-21(6-7-21)17-12-24(15)18(26)25(17)33-34(28,29)30;1-5-9-13-17(14-10-6-2,15-11-7-3)16-12-8-4/h9,13,15,17H,4-8,10-12H2,1-3H3,(H,28,29,30);5-16H2,1-4H3/q;+1/p-1/t13?,15-,17-;/m0./s1. The van der Waals surface area contributed by atoms with Gasteiger partial charge in [-0.3, -0.25) is 0 Å². The van der Waals surface area contributed by atoms with Crippen LogP contribution in [0, 0.1) is 5.41 Å². The van der Waals surface area contributed by atoms with E-state index in [9.17, 15) is 22.6 Å². The lowest BCUT2D eigenvalue weighted by atomic mass is 9.84. The number of ether oxygens (including phenoxy) is 1. The number of piperidine rings is 2. The van der Waals surface area contributed by atoms with Crippen molar-refractivity contribution in [1.82, 2.24) is 20.0 Å². The van der Waals surface area contributed by atoms with E-state index in [1.807, 2.05) is 26.8 Å². The summed E-state index contributed by atoms with van der Waals surface area (Å²) in [5.41, 5.74) is -0.295. The zero-order valence-electron chi connectivity index (χ0n) is 32.4. The second kappa shape index (κ2) is 17.6.